The highest BCUT2D eigenvalue weighted by atomic mass is 35.5. The van der Waals surface area contributed by atoms with Gasteiger partial charge in [0.1, 0.15) is 5.02 Å². The lowest BCUT2D eigenvalue weighted by molar-refractivity contribution is -0.384. The van der Waals surface area contributed by atoms with E-state index in [4.69, 9.17) is 11.6 Å². The van der Waals surface area contributed by atoms with Crippen molar-refractivity contribution in [3.8, 4) is 0 Å². The predicted octanol–water partition coefficient (Wildman–Crippen LogP) is 4.81. The second-order valence-corrected chi connectivity index (χ2v) is 10.1. The van der Waals surface area contributed by atoms with Crippen molar-refractivity contribution in [3.63, 3.8) is 0 Å². The van der Waals surface area contributed by atoms with Crippen LogP contribution in [0.2, 0.25) is 5.02 Å². The molecule has 9 nitrogen and oxygen atoms in total. The average Bonchev–Trinajstić information content (AvgIpc) is 2.85. The van der Waals surface area contributed by atoms with E-state index in [1.807, 2.05) is 6.07 Å². The molecule has 0 aliphatic carbocycles. The van der Waals surface area contributed by atoms with Gasteiger partial charge in [-0.1, -0.05) is 24.1 Å². The van der Waals surface area contributed by atoms with Crippen LogP contribution in [0.3, 0.4) is 0 Å². The number of nitro groups is 1. The Morgan fingerprint density at radius 2 is 1.91 bits per heavy atom. The van der Waals surface area contributed by atoms with Crippen LogP contribution in [0.15, 0.2) is 71.9 Å². The van der Waals surface area contributed by atoms with Crippen molar-refractivity contribution in [2.24, 2.45) is 0 Å². The van der Waals surface area contributed by atoms with Crippen molar-refractivity contribution in [1.29, 1.82) is 0 Å². The number of hydrogen-bond acceptors (Lipinski definition) is 6. The fourth-order valence-corrected chi connectivity index (χ4v) is 5.81. The summed E-state index contributed by atoms with van der Waals surface area (Å²) in [5.74, 6) is -0.581. The molecule has 3 aromatic rings. The Hall–Kier alpha value is -3.34. The first kappa shape index (κ1) is 23.8. The molecule has 0 radical (unpaired) electrons. The molecule has 0 spiro atoms. The van der Waals surface area contributed by atoms with Crippen LogP contribution < -0.4 is 5.32 Å². The Morgan fingerprint density at radius 3 is 2.59 bits per heavy atom. The van der Waals surface area contributed by atoms with E-state index in [1.54, 1.807) is 18.5 Å². The molecular weight excluding hydrogens is 480 g/mol. The third-order valence-corrected chi connectivity index (χ3v) is 7.89. The van der Waals surface area contributed by atoms with E-state index in [0.29, 0.717) is 18.7 Å². The normalized spacial score (nSPS) is 16.7. The minimum absolute atomic E-state index is 0.0560. The molecule has 0 bridgehead atoms. The van der Waals surface area contributed by atoms with Crippen molar-refractivity contribution >= 4 is 38.9 Å². The number of carbonyl (C=O) groups is 1. The summed E-state index contributed by atoms with van der Waals surface area (Å²) in [5, 5.41) is 13.6. The molecule has 1 aliphatic heterocycles. The van der Waals surface area contributed by atoms with E-state index < -0.39 is 20.9 Å². The van der Waals surface area contributed by atoms with Gasteiger partial charge in [-0.25, -0.2) is 8.42 Å². The zero-order valence-electron chi connectivity index (χ0n) is 17.9. The number of hydrogen-bond donors (Lipinski definition) is 1. The van der Waals surface area contributed by atoms with Gasteiger partial charge >= 0.3 is 0 Å². The molecule has 2 heterocycles. The van der Waals surface area contributed by atoms with Gasteiger partial charge in [-0.3, -0.25) is 19.9 Å². The van der Waals surface area contributed by atoms with E-state index >= 15 is 0 Å². The number of benzene rings is 2. The average molecular weight is 501 g/mol. The van der Waals surface area contributed by atoms with Crippen LogP contribution in [-0.4, -0.2) is 35.1 Å². The van der Waals surface area contributed by atoms with Gasteiger partial charge in [-0.15, -0.1) is 0 Å². The third kappa shape index (κ3) is 4.93. The predicted molar refractivity (Wildman–Crippen MR) is 127 cm³/mol. The molecule has 0 saturated carbocycles. The maximum Gasteiger partial charge on any atom is 0.288 e. The van der Waals surface area contributed by atoms with Gasteiger partial charge in [0.15, 0.2) is 0 Å². The summed E-state index contributed by atoms with van der Waals surface area (Å²) < 4.78 is 28.3. The fraction of sp³-hybridized carbons (Fsp3) is 0.217. The van der Waals surface area contributed by atoms with E-state index in [2.05, 4.69) is 10.3 Å². The number of nitrogens with one attached hydrogen (secondary N) is 1. The number of aromatic nitrogens is 1. The van der Waals surface area contributed by atoms with Crippen molar-refractivity contribution in [2.75, 3.05) is 11.9 Å². The van der Waals surface area contributed by atoms with Gasteiger partial charge in [0.25, 0.3) is 11.6 Å². The van der Waals surface area contributed by atoms with Crippen LogP contribution in [0, 0.1) is 10.1 Å². The Bertz CT molecular complexity index is 1320. The molecular formula is C23H21ClN4O5S. The van der Waals surface area contributed by atoms with Crippen LogP contribution >= 0.6 is 11.6 Å². The smallest absolute Gasteiger partial charge is 0.288 e. The quantitative estimate of drug-likeness (QED) is 0.382. The highest BCUT2D eigenvalue weighted by molar-refractivity contribution is 7.89. The highest BCUT2D eigenvalue weighted by Gasteiger charge is 2.34. The Kier molecular flexibility index (Phi) is 6.92. The number of anilines is 1. The van der Waals surface area contributed by atoms with Crippen molar-refractivity contribution < 1.29 is 18.1 Å². The van der Waals surface area contributed by atoms with Crippen LogP contribution in [0.5, 0.6) is 0 Å². The molecule has 0 unspecified atom stereocenters. The number of halogens is 1. The van der Waals surface area contributed by atoms with Crippen LogP contribution in [-0.2, 0) is 10.0 Å². The standard InChI is InChI=1S/C23H21ClN4O5S/c24-20-11-6-16(14-22(20)28(30)31)23(29)26-18-7-9-19(10-8-18)34(32,33)27-13-2-1-5-21(27)17-4-3-12-25-15-17/h3-4,6-12,14-15,21H,1-2,5,13H2,(H,26,29)/t21-/m1/s1. The number of nitrogens with zero attached hydrogens (tertiary/aromatic N) is 3. The molecule has 1 aliphatic rings. The van der Waals surface area contributed by atoms with Gasteiger partial charge in [0.2, 0.25) is 10.0 Å². The summed E-state index contributed by atoms with van der Waals surface area (Å²) in [4.78, 5) is 27.1. The molecule has 1 fully saturated rings. The van der Waals surface area contributed by atoms with E-state index in [0.717, 1.165) is 24.5 Å². The SMILES string of the molecule is O=C(Nc1ccc(S(=O)(=O)N2CCCC[C@@H]2c2cccnc2)cc1)c1ccc(Cl)c([N+](=O)[O-])c1. The zero-order valence-corrected chi connectivity index (χ0v) is 19.5. The first-order chi connectivity index (χ1) is 16.3. The van der Waals surface area contributed by atoms with Gasteiger partial charge in [0.05, 0.1) is 15.9 Å². The lowest BCUT2D eigenvalue weighted by atomic mass is 9.99. The number of pyridine rings is 1. The fourth-order valence-electron chi connectivity index (χ4n) is 3.94. The molecule has 2 aromatic carbocycles. The summed E-state index contributed by atoms with van der Waals surface area (Å²) in [6, 6.07) is 13.0. The summed E-state index contributed by atoms with van der Waals surface area (Å²) >= 11 is 5.79. The number of sulfonamides is 1. The summed E-state index contributed by atoms with van der Waals surface area (Å²) in [5.41, 5.74) is 0.886. The molecule has 1 aromatic heterocycles. The number of nitro benzene ring substituents is 1. The molecule has 34 heavy (non-hydrogen) atoms. The highest BCUT2D eigenvalue weighted by Crippen LogP contribution is 2.35. The van der Waals surface area contributed by atoms with Gasteiger partial charge in [-0.2, -0.15) is 4.31 Å². The monoisotopic (exact) mass is 500 g/mol. The lowest BCUT2D eigenvalue weighted by Gasteiger charge is -2.34. The van der Waals surface area contributed by atoms with E-state index in [9.17, 15) is 23.3 Å². The van der Waals surface area contributed by atoms with Crippen molar-refractivity contribution in [1.82, 2.24) is 9.29 Å². The van der Waals surface area contributed by atoms with Gasteiger partial charge in [0, 0.05) is 36.3 Å². The molecule has 1 atom stereocenters. The van der Waals surface area contributed by atoms with E-state index in [-0.39, 0.29) is 27.2 Å². The summed E-state index contributed by atoms with van der Waals surface area (Å²) in [6.07, 6.45) is 5.77. The minimum atomic E-state index is -3.77. The van der Waals surface area contributed by atoms with Gasteiger partial charge < -0.3 is 5.32 Å². The summed E-state index contributed by atoms with van der Waals surface area (Å²) in [7, 11) is -3.77. The van der Waals surface area contributed by atoms with Crippen LogP contribution in [0.4, 0.5) is 11.4 Å². The summed E-state index contributed by atoms with van der Waals surface area (Å²) in [6.45, 7) is 0.412. The second kappa shape index (κ2) is 9.88. The molecule has 176 valence electrons. The molecule has 11 heteroatoms. The minimum Gasteiger partial charge on any atom is -0.322 e. The van der Waals surface area contributed by atoms with Crippen LogP contribution in [0.25, 0.3) is 0 Å². The number of rotatable bonds is 6. The lowest BCUT2D eigenvalue weighted by Crippen LogP contribution is -2.38. The number of carbonyl (C=O) groups excluding carboxylic acids is 1. The zero-order chi connectivity index (χ0) is 24.3. The van der Waals surface area contributed by atoms with Crippen molar-refractivity contribution in [2.45, 2.75) is 30.2 Å². The topological polar surface area (TPSA) is 123 Å². The Labute approximate surface area is 201 Å². The first-order valence-corrected chi connectivity index (χ1v) is 12.4. The van der Waals surface area contributed by atoms with Gasteiger partial charge in [-0.05, 0) is 60.9 Å². The third-order valence-electron chi connectivity index (χ3n) is 5.65. The largest absolute Gasteiger partial charge is 0.322 e. The Balaban J connectivity index is 1.53. The molecule has 1 amide bonds. The molecule has 4 rings (SSSR count). The number of amides is 1. The first-order valence-electron chi connectivity index (χ1n) is 10.5. The molecule has 1 saturated heterocycles. The van der Waals surface area contributed by atoms with E-state index in [1.165, 1.54) is 40.7 Å². The Morgan fingerprint density at radius 1 is 1.15 bits per heavy atom. The maximum absolute atomic E-state index is 13.4. The second-order valence-electron chi connectivity index (χ2n) is 7.82. The van der Waals surface area contributed by atoms with Crippen LogP contribution in [0.1, 0.15) is 41.2 Å². The maximum atomic E-state index is 13.4. The van der Waals surface area contributed by atoms with Crippen molar-refractivity contribution in [3.05, 3.63) is 93.3 Å². The molecule has 1 N–H and O–H groups in total. The number of piperidine rings is 1.